The molecule has 6 nitrogen and oxygen atoms in total. The van der Waals surface area contributed by atoms with Crippen LogP contribution >= 0.6 is 0 Å². The van der Waals surface area contributed by atoms with E-state index in [1.165, 1.54) is 17.0 Å². The highest BCUT2D eigenvalue weighted by Crippen LogP contribution is 2.32. The van der Waals surface area contributed by atoms with Gasteiger partial charge >= 0.3 is 0 Å². The van der Waals surface area contributed by atoms with E-state index in [-0.39, 0.29) is 17.6 Å². The summed E-state index contributed by atoms with van der Waals surface area (Å²) in [6.45, 7) is 0.574. The van der Waals surface area contributed by atoms with E-state index in [0.29, 0.717) is 23.6 Å². The SMILES string of the molecule is CN(Cc1ccc2c(c1)OCO2)C(=O)c1cccc(S(C)(=O)=O)c1. The van der Waals surface area contributed by atoms with Gasteiger partial charge < -0.3 is 14.4 Å². The van der Waals surface area contributed by atoms with Gasteiger partial charge in [0.2, 0.25) is 6.79 Å². The number of rotatable bonds is 4. The highest BCUT2D eigenvalue weighted by molar-refractivity contribution is 7.90. The summed E-state index contributed by atoms with van der Waals surface area (Å²) in [5, 5.41) is 0. The van der Waals surface area contributed by atoms with E-state index in [0.717, 1.165) is 11.8 Å². The van der Waals surface area contributed by atoms with E-state index < -0.39 is 9.84 Å². The van der Waals surface area contributed by atoms with Crippen LogP contribution in [0.1, 0.15) is 15.9 Å². The van der Waals surface area contributed by atoms with Gasteiger partial charge in [-0.05, 0) is 35.9 Å². The molecule has 0 aromatic heterocycles. The smallest absolute Gasteiger partial charge is 0.253 e. The summed E-state index contributed by atoms with van der Waals surface area (Å²) < 4.78 is 33.8. The van der Waals surface area contributed by atoms with E-state index >= 15 is 0 Å². The second-order valence-electron chi connectivity index (χ2n) is 5.65. The first-order chi connectivity index (χ1) is 11.3. The maximum atomic E-state index is 12.5. The quantitative estimate of drug-likeness (QED) is 0.847. The van der Waals surface area contributed by atoms with Gasteiger partial charge in [0.1, 0.15) is 0 Å². The van der Waals surface area contributed by atoms with Crippen LogP contribution in [0.3, 0.4) is 0 Å². The van der Waals surface area contributed by atoms with Crippen molar-refractivity contribution in [3.05, 3.63) is 53.6 Å². The molecule has 1 aliphatic rings. The highest BCUT2D eigenvalue weighted by atomic mass is 32.2. The van der Waals surface area contributed by atoms with Crippen molar-refractivity contribution in [2.45, 2.75) is 11.4 Å². The van der Waals surface area contributed by atoms with Crippen LogP contribution in [0.4, 0.5) is 0 Å². The van der Waals surface area contributed by atoms with Crippen LogP contribution in [0.15, 0.2) is 47.4 Å². The van der Waals surface area contributed by atoms with Gasteiger partial charge in [-0.25, -0.2) is 8.42 Å². The van der Waals surface area contributed by atoms with Gasteiger partial charge in [-0.15, -0.1) is 0 Å². The third kappa shape index (κ3) is 3.35. The topological polar surface area (TPSA) is 72.9 Å². The van der Waals surface area contributed by atoms with Crippen LogP contribution in [-0.2, 0) is 16.4 Å². The monoisotopic (exact) mass is 347 g/mol. The normalized spacial score (nSPS) is 12.9. The molecular weight excluding hydrogens is 330 g/mol. The Balaban J connectivity index is 1.78. The number of carbonyl (C=O) groups is 1. The molecule has 3 rings (SSSR count). The minimum Gasteiger partial charge on any atom is -0.454 e. The number of hydrogen-bond acceptors (Lipinski definition) is 5. The highest BCUT2D eigenvalue weighted by Gasteiger charge is 2.17. The summed E-state index contributed by atoms with van der Waals surface area (Å²) >= 11 is 0. The van der Waals surface area contributed by atoms with Gasteiger partial charge in [-0.3, -0.25) is 4.79 Å². The van der Waals surface area contributed by atoms with Crippen LogP contribution in [0.25, 0.3) is 0 Å². The van der Waals surface area contributed by atoms with E-state index in [1.54, 1.807) is 25.2 Å². The minimum atomic E-state index is -3.35. The number of fused-ring (bicyclic) bond motifs is 1. The standard InChI is InChI=1S/C17H17NO5S/c1-18(10-12-6-7-15-16(8-12)23-11-22-15)17(19)13-4-3-5-14(9-13)24(2,20)21/h3-9H,10-11H2,1-2H3. The molecule has 0 atom stereocenters. The molecule has 0 bridgehead atoms. The van der Waals surface area contributed by atoms with E-state index in [1.807, 2.05) is 12.1 Å². The van der Waals surface area contributed by atoms with Crippen LogP contribution in [0.2, 0.25) is 0 Å². The molecule has 0 saturated heterocycles. The Bertz CT molecular complexity index is 892. The first-order valence-electron chi connectivity index (χ1n) is 7.29. The molecule has 1 heterocycles. The average Bonchev–Trinajstić information content (AvgIpc) is 3.01. The third-order valence-corrected chi connectivity index (χ3v) is 4.82. The van der Waals surface area contributed by atoms with Crippen molar-refractivity contribution in [2.75, 3.05) is 20.1 Å². The summed E-state index contributed by atoms with van der Waals surface area (Å²) in [6.07, 6.45) is 1.12. The van der Waals surface area contributed by atoms with Crippen molar-refractivity contribution in [1.29, 1.82) is 0 Å². The molecule has 0 spiro atoms. The lowest BCUT2D eigenvalue weighted by Crippen LogP contribution is -2.26. The van der Waals surface area contributed by atoms with E-state index in [9.17, 15) is 13.2 Å². The lowest BCUT2D eigenvalue weighted by Gasteiger charge is -2.18. The van der Waals surface area contributed by atoms with Crippen LogP contribution in [-0.4, -0.2) is 39.3 Å². The Morgan fingerprint density at radius 3 is 2.62 bits per heavy atom. The molecule has 2 aromatic carbocycles. The molecule has 126 valence electrons. The number of sulfone groups is 1. The number of benzene rings is 2. The fraction of sp³-hybridized carbons (Fsp3) is 0.235. The number of hydrogen-bond donors (Lipinski definition) is 0. The van der Waals surface area contributed by atoms with E-state index in [2.05, 4.69) is 0 Å². The first kappa shape index (κ1) is 16.3. The Hall–Kier alpha value is -2.54. The van der Waals surface area contributed by atoms with Gasteiger partial charge in [0.05, 0.1) is 4.90 Å². The Morgan fingerprint density at radius 2 is 1.88 bits per heavy atom. The summed E-state index contributed by atoms with van der Waals surface area (Å²) in [5.74, 6) is 1.10. The van der Waals surface area contributed by atoms with Gasteiger partial charge in [0, 0.05) is 25.4 Å². The molecule has 1 aliphatic heterocycles. The lowest BCUT2D eigenvalue weighted by atomic mass is 10.1. The fourth-order valence-corrected chi connectivity index (χ4v) is 3.13. The third-order valence-electron chi connectivity index (χ3n) is 3.71. The summed E-state index contributed by atoms with van der Waals surface area (Å²) in [6, 6.07) is 11.5. The van der Waals surface area contributed by atoms with Crippen LogP contribution < -0.4 is 9.47 Å². The van der Waals surface area contributed by atoms with Gasteiger partial charge in [0.25, 0.3) is 5.91 Å². The largest absolute Gasteiger partial charge is 0.454 e. The summed E-state index contributed by atoms with van der Waals surface area (Å²) in [4.78, 5) is 14.2. The number of amides is 1. The number of nitrogens with zero attached hydrogens (tertiary/aromatic N) is 1. The number of carbonyl (C=O) groups excluding carboxylic acids is 1. The van der Waals surface area contributed by atoms with Crippen molar-refractivity contribution >= 4 is 15.7 Å². The summed E-state index contributed by atoms with van der Waals surface area (Å²) in [5.41, 5.74) is 1.23. The zero-order valence-corrected chi connectivity index (χ0v) is 14.2. The Labute approximate surface area is 140 Å². The van der Waals surface area contributed by atoms with Crippen molar-refractivity contribution in [3.63, 3.8) is 0 Å². The maximum absolute atomic E-state index is 12.5. The molecule has 24 heavy (non-hydrogen) atoms. The molecule has 0 fully saturated rings. The first-order valence-corrected chi connectivity index (χ1v) is 9.18. The fourth-order valence-electron chi connectivity index (χ4n) is 2.47. The molecule has 2 aromatic rings. The second kappa shape index (κ2) is 6.16. The molecule has 0 unspecified atom stereocenters. The van der Waals surface area contributed by atoms with Crippen molar-refractivity contribution in [2.24, 2.45) is 0 Å². The average molecular weight is 347 g/mol. The summed E-state index contributed by atoms with van der Waals surface area (Å²) in [7, 11) is -1.68. The van der Waals surface area contributed by atoms with Gasteiger partial charge in [-0.1, -0.05) is 12.1 Å². The van der Waals surface area contributed by atoms with E-state index in [4.69, 9.17) is 9.47 Å². The zero-order chi connectivity index (χ0) is 17.3. The molecule has 7 heteroatoms. The Morgan fingerprint density at radius 1 is 1.12 bits per heavy atom. The Kier molecular flexibility index (Phi) is 4.19. The van der Waals surface area contributed by atoms with Gasteiger partial charge in [-0.2, -0.15) is 0 Å². The lowest BCUT2D eigenvalue weighted by molar-refractivity contribution is 0.0784. The molecule has 0 aliphatic carbocycles. The minimum absolute atomic E-state index is 0.129. The van der Waals surface area contributed by atoms with Crippen LogP contribution in [0, 0.1) is 0 Å². The predicted octanol–water partition coefficient (Wildman–Crippen LogP) is 2.09. The molecule has 1 amide bonds. The molecular formula is C17H17NO5S. The van der Waals surface area contributed by atoms with Gasteiger partial charge in [0.15, 0.2) is 21.3 Å². The van der Waals surface area contributed by atoms with Crippen LogP contribution in [0.5, 0.6) is 11.5 Å². The molecule has 0 saturated carbocycles. The second-order valence-corrected chi connectivity index (χ2v) is 7.66. The van der Waals surface area contributed by atoms with Crippen molar-refractivity contribution in [1.82, 2.24) is 4.90 Å². The predicted molar refractivity (Wildman–Crippen MR) is 87.9 cm³/mol. The number of ether oxygens (including phenoxy) is 2. The van der Waals surface area contributed by atoms with Crippen molar-refractivity contribution < 1.29 is 22.7 Å². The molecule has 0 N–H and O–H groups in total. The molecule has 0 radical (unpaired) electrons. The zero-order valence-electron chi connectivity index (χ0n) is 13.4. The van der Waals surface area contributed by atoms with Crippen molar-refractivity contribution in [3.8, 4) is 11.5 Å². The maximum Gasteiger partial charge on any atom is 0.253 e.